The minimum absolute atomic E-state index is 0.0355. The van der Waals surface area contributed by atoms with E-state index in [1.54, 1.807) is 0 Å². The predicted octanol–water partition coefficient (Wildman–Crippen LogP) is 3.53. The Morgan fingerprint density at radius 1 is 1.30 bits per heavy atom. The fraction of sp³-hybridized carbons (Fsp3) is 0.867. The fourth-order valence-electron chi connectivity index (χ4n) is 2.99. The molecule has 1 unspecified atom stereocenters. The second kappa shape index (κ2) is 7.74. The average Bonchev–Trinajstić information content (AvgIpc) is 2.95. The van der Waals surface area contributed by atoms with E-state index in [0.717, 1.165) is 12.8 Å². The Morgan fingerprint density at radius 2 is 2.05 bits per heavy atom. The van der Waals surface area contributed by atoms with E-state index in [4.69, 9.17) is 15.0 Å². The quantitative estimate of drug-likeness (QED) is 0.827. The minimum Gasteiger partial charge on any atom is -0.370 e. The van der Waals surface area contributed by atoms with E-state index in [1.807, 2.05) is 6.92 Å². The molecule has 1 saturated carbocycles. The number of hydrogen-bond donors (Lipinski definition) is 1. The van der Waals surface area contributed by atoms with Crippen molar-refractivity contribution in [2.45, 2.75) is 70.9 Å². The molecule has 1 fully saturated rings. The highest BCUT2D eigenvalue weighted by Crippen LogP contribution is 2.36. The van der Waals surface area contributed by atoms with Crippen LogP contribution in [0, 0.1) is 5.92 Å². The van der Waals surface area contributed by atoms with Crippen molar-refractivity contribution in [1.29, 1.82) is 0 Å². The van der Waals surface area contributed by atoms with Crippen molar-refractivity contribution in [2.75, 3.05) is 6.61 Å². The molecule has 0 aliphatic heterocycles. The summed E-state index contributed by atoms with van der Waals surface area (Å²) < 4.78 is 11.2. The molecule has 1 heterocycles. The molecule has 2 rings (SSSR count). The van der Waals surface area contributed by atoms with Gasteiger partial charge in [0.15, 0.2) is 0 Å². The molecule has 0 saturated heterocycles. The van der Waals surface area contributed by atoms with E-state index in [9.17, 15) is 0 Å². The van der Waals surface area contributed by atoms with Crippen molar-refractivity contribution in [3.63, 3.8) is 0 Å². The van der Waals surface area contributed by atoms with Gasteiger partial charge in [-0.3, -0.25) is 0 Å². The molecular formula is C15H27N3O2. The standard InChI is InChI=1S/C15H27N3O2/c1-3-8-12(16)15-17-14(18-20-15)13(19-4-2)11-9-6-5-7-10-11/h11-13H,3-10,16H2,1-2H3/t12-,13?/m1/s1. The lowest BCUT2D eigenvalue weighted by Crippen LogP contribution is -2.20. The van der Waals surface area contributed by atoms with Crippen molar-refractivity contribution < 1.29 is 9.26 Å². The first kappa shape index (κ1) is 15.4. The maximum Gasteiger partial charge on any atom is 0.243 e. The van der Waals surface area contributed by atoms with Gasteiger partial charge in [-0.25, -0.2) is 0 Å². The SMILES string of the molecule is CCC[C@@H](N)c1nc(C(OCC)C2CCCCC2)no1. The van der Waals surface area contributed by atoms with Crippen molar-refractivity contribution >= 4 is 0 Å². The molecule has 0 bridgehead atoms. The Labute approximate surface area is 121 Å². The maximum atomic E-state index is 6.03. The van der Waals surface area contributed by atoms with E-state index in [1.165, 1.54) is 32.1 Å². The molecule has 1 aliphatic carbocycles. The molecule has 1 aromatic rings. The van der Waals surface area contributed by atoms with Gasteiger partial charge in [0.1, 0.15) is 6.10 Å². The first-order valence-electron chi connectivity index (χ1n) is 7.96. The molecule has 2 atom stereocenters. The van der Waals surface area contributed by atoms with Gasteiger partial charge in [0.2, 0.25) is 11.7 Å². The molecule has 5 heteroatoms. The van der Waals surface area contributed by atoms with Gasteiger partial charge in [-0.05, 0) is 32.1 Å². The first-order valence-corrected chi connectivity index (χ1v) is 7.96. The van der Waals surface area contributed by atoms with Crippen LogP contribution in [0.25, 0.3) is 0 Å². The molecule has 0 radical (unpaired) electrons. The Kier molecular flexibility index (Phi) is 5.98. The summed E-state index contributed by atoms with van der Waals surface area (Å²) in [6, 6.07) is -0.158. The predicted molar refractivity (Wildman–Crippen MR) is 77.1 cm³/mol. The average molecular weight is 281 g/mol. The highest BCUT2D eigenvalue weighted by molar-refractivity contribution is 4.97. The van der Waals surface area contributed by atoms with Gasteiger partial charge >= 0.3 is 0 Å². The third-order valence-electron chi connectivity index (χ3n) is 4.05. The number of ether oxygens (including phenoxy) is 1. The van der Waals surface area contributed by atoms with E-state index in [-0.39, 0.29) is 12.1 Å². The van der Waals surface area contributed by atoms with Crippen LogP contribution >= 0.6 is 0 Å². The molecule has 20 heavy (non-hydrogen) atoms. The Hall–Kier alpha value is -0.940. The number of aromatic nitrogens is 2. The van der Waals surface area contributed by atoms with E-state index in [2.05, 4.69) is 17.1 Å². The van der Waals surface area contributed by atoms with Crippen LogP contribution in [0.5, 0.6) is 0 Å². The lowest BCUT2D eigenvalue weighted by atomic mass is 9.85. The van der Waals surface area contributed by atoms with E-state index >= 15 is 0 Å². The van der Waals surface area contributed by atoms with Crippen molar-refractivity contribution in [1.82, 2.24) is 10.1 Å². The monoisotopic (exact) mass is 281 g/mol. The summed E-state index contributed by atoms with van der Waals surface area (Å²) >= 11 is 0. The summed E-state index contributed by atoms with van der Waals surface area (Å²) in [7, 11) is 0. The number of hydrogen-bond acceptors (Lipinski definition) is 5. The van der Waals surface area contributed by atoms with Crippen LogP contribution < -0.4 is 5.73 Å². The molecule has 0 aromatic carbocycles. The maximum absolute atomic E-state index is 6.03. The number of nitrogens with two attached hydrogens (primary N) is 1. The smallest absolute Gasteiger partial charge is 0.243 e. The van der Waals surface area contributed by atoms with Crippen LogP contribution in [0.2, 0.25) is 0 Å². The van der Waals surface area contributed by atoms with Gasteiger partial charge in [0.25, 0.3) is 0 Å². The van der Waals surface area contributed by atoms with Gasteiger partial charge < -0.3 is 15.0 Å². The largest absolute Gasteiger partial charge is 0.370 e. The van der Waals surface area contributed by atoms with Crippen LogP contribution in [0.4, 0.5) is 0 Å². The minimum atomic E-state index is -0.158. The second-order valence-corrected chi connectivity index (χ2v) is 5.66. The Balaban J connectivity index is 2.08. The van der Waals surface area contributed by atoms with Gasteiger partial charge in [0, 0.05) is 6.61 Å². The first-order chi connectivity index (χ1) is 9.76. The lowest BCUT2D eigenvalue weighted by Gasteiger charge is -2.27. The molecule has 1 aliphatic rings. The summed E-state index contributed by atoms with van der Waals surface area (Å²) in [5.74, 6) is 1.74. The van der Waals surface area contributed by atoms with Crippen LogP contribution in [0.3, 0.4) is 0 Å². The molecule has 0 amide bonds. The molecule has 114 valence electrons. The summed E-state index contributed by atoms with van der Waals surface area (Å²) in [6.45, 7) is 4.79. The molecule has 5 nitrogen and oxygen atoms in total. The number of rotatable bonds is 7. The summed E-state index contributed by atoms with van der Waals surface area (Å²) in [5, 5.41) is 4.12. The van der Waals surface area contributed by atoms with Gasteiger partial charge in [0.05, 0.1) is 6.04 Å². The van der Waals surface area contributed by atoms with E-state index in [0.29, 0.717) is 24.2 Å². The molecule has 0 spiro atoms. The second-order valence-electron chi connectivity index (χ2n) is 5.66. The Bertz CT molecular complexity index is 388. The molecule has 2 N–H and O–H groups in total. The lowest BCUT2D eigenvalue weighted by molar-refractivity contribution is -0.00145. The van der Waals surface area contributed by atoms with Crippen LogP contribution in [-0.4, -0.2) is 16.7 Å². The summed E-state index contributed by atoms with van der Waals surface area (Å²) in [4.78, 5) is 4.50. The molecular weight excluding hydrogens is 254 g/mol. The summed E-state index contributed by atoms with van der Waals surface area (Å²) in [6.07, 6.45) is 8.09. The summed E-state index contributed by atoms with van der Waals surface area (Å²) in [5.41, 5.74) is 6.03. The third-order valence-corrected chi connectivity index (χ3v) is 4.05. The van der Waals surface area contributed by atoms with Gasteiger partial charge in [-0.2, -0.15) is 4.98 Å². The fourth-order valence-corrected chi connectivity index (χ4v) is 2.99. The third kappa shape index (κ3) is 3.79. The zero-order valence-corrected chi connectivity index (χ0v) is 12.7. The normalized spacial score (nSPS) is 19.9. The van der Waals surface area contributed by atoms with Crippen LogP contribution in [0.1, 0.15) is 82.7 Å². The Morgan fingerprint density at radius 3 is 2.70 bits per heavy atom. The number of nitrogens with zero attached hydrogens (tertiary/aromatic N) is 2. The van der Waals surface area contributed by atoms with Crippen LogP contribution in [-0.2, 0) is 4.74 Å². The van der Waals surface area contributed by atoms with Crippen molar-refractivity contribution in [2.24, 2.45) is 11.7 Å². The zero-order chi connectivity index (χ0) is 14.4. The van der Waals surface area contributed by atoms with Crippen LogP contribution in [0.15, 0.2) is 4.52 Å². The van der Waals surface area contributed by atoms with Gasteiger partial charge in [-0.1, -0.05) is 37.8 Å². The highest BCUT2D eigenvalue weighted by atomic mass is 16.5. The van der Waals surface area contributed by atoms with Crippen molar-refractivity contribution in [3.05, 3.63) is 11.7 Å². The van der Waals surface area contributed by atoms with E-state index < -0.39 is 0 Å². The highest BCUT2D eigenvalue weighted by Gasteiger charge is 2.30. The van der Waals surface area contributed by atoms with Gasteiger partial charge in [-0.15, -0.1) is 0 Å². The molecule has 1 aromatic heterocycles. The zero-order valence-electron chi connectivity index (χ0n) is 12.7. The topological polar surface area (TPSA) is 74.2 Å². The van der Waals surface area contributed by atoms with Crippen molar-refractivity contribution in [3.8, 4) is 0 Å².